The molecule has 270 valence electrons. The summed E-state index contributed by atoms with van der Waals surface area (Å²) in [6, 6.07) is 23.2. The molecule has 51 heavy (non-hydrogen) atoms. The van der Waals surface area contributed by atoms with Gasteiger partial charge in [0.05, 0.1) is 12.6 Å². The maximum atomic E-state index is 11.5. The Hall–Kier alpha value is -4.76. The Labute approximate surface area is 307 Å². The molecule has 1 saturated carbocycles. The van der Waals surface area contributed by atoms with Crippen LogP contribution in [0.3, 0.4) is 0 Å². The van der Waals surface area contributed by atoms with Crippen LogP contribution in [0.2, 0.25) is 0 Å². The van der Waals surface area contributed by atoms with Crippen molar-refractivity contribution in [2.45, 2.75) is 64.8 Å². The van der Waals surface area contributed by atoms with Crippen LogP contribution in [0.15, 0.2) is 123 Å². The van der Waals surface area contributed by atoms with Crippen LogP contribution in [0.4, 0.5) is 0 Å². The number of benzene rings is 3. The van der Waals surface area contributed by atoms with E-state index in [-0.39, 0.29) is 17.7 Å². The number of unbranched alkanes of at least 4 members (excludes halogenated alkanes) is 1. The quantitative estimate of drug-likeness (QED) is 0.0408. The van der Waals surface area contributed by atoms with Gasteiger partial charge in [0.1, 0.15) is 12.4 Å². The van der Waals surface area contributed by atoms with Crippen molar-refractivity contribution in [2.75, 3.05) is 26.9 Å². The summed E-state index contributed by atoms with van der Waals surface area (Å²) < 4.78 is 11.6. The molecular weight excluding hydrogens is 629 g/mol. The van der Waals surface area contributed by atoms with E-state index in [1.165, 1.54) is 41.0 Å². The minimum atomic E-state index is 0.149. The number of allylic oxidation sites excluding steroid dienone is 3. The maximum Gasteiger partial charge on any atom is 0.158 e. The van der Waals surface area contributed by atoms with Crippen molar-refractivity contribution in [3.63, 3.8) is 0 Å². The Morgan fingerprint density at radius 3 is 2.27 bits per heavy atom. The summed E-state index contributed by atoms with van der Waals surface area (Å²) in [5.74, 6) is 1.86. The fourth-order valence-corrected chi connectivity index (χ4v) is 5.56. The molecule has 0 bridgehead atoms. The van der Waals surface area contributed by atoms with Gasteiger partial charge in [0.15, 0.2) is 5.78 Å². The first-order valence-corrected chi connectivity index (χ1v) is 18.1. The first-order valence-electron chi connectivity index (χ1n) is 18.1. The lowest BCUT2D eigenvalue weighted by molar-refractivity contribution is -0.116. The third-order valence-corrected chi connectivity index (χ3v) is 8.67. The van der Waals surface area contributed by atoms with Gasteiger partial charge in [-0.05, 0) is 115 Å². The summed E-state index contributed by atoms with van der Waals surface area (Å²) in [4.78, 5) is 11.5. The second-order valence-corrected chi connectivity index (χ2v) is 12.5. The molecule has 0 radical (unpaired) electrons. The van der Waals surface area contributed by atoms with Gasteiger partial charge >= 0.3 is 0 Å². The van der Waals surface area contributed by atoms with E-state index in [1.54, 1.807) is 12.2 Å². The van der Waals surface area contributed by atoms with Crippen LogP contribution >= 0.6 is 0 Å². The number of carbonyl (C=O) groups is 1. The summed E-state index contributed by atoms with van der Waals surface area (Å²) in [5, 5.41) is 10.7. The second-order valence-electron chi connectivity index (χ2n) is 12.5. The smallest absolute Gasteiger partial charge is 0.158 e. The number of carbonyl (C=O) groups excluding carboxylic acids is 1. The lowest BCUT2D eigenvalue weighted by atomic mass is 9.97. The van der Waals surface area contributed by atoms with Gasteiger partial charge in [-0.1, -0.05) is 108 Å². The SMILES string of the molecule is C=C=CC=C.C=C=Cc1ccc(OCC(COCCCCC2CC2C(=O)C=C)NC)cc1.CCCc1ccc(-c2ccc(CC)c(C=N)c2)cc1. The van der Waals surface area contributed by atoms with Gasteiger partial charge < -0.3 is 20.2 Å². The van der Waals surface area contributed by atoms with Gasteiger partial charge in [0, 0.05) is 18.7 Å². The fraction of sp³-hybridized carbons (Fsp3) is 0.348. The predicted octanol–water partition coefficient (Wildman–Crippen LogP) is 10.4. The Kier molecular flexibility index (Phi) is 21.0. The highest BCUT2D eigenvalue weighted by Gasteiger charge is 2.40. The van der Waals surface area contributed by atoms with E-state index in [0.717, 1.165) is 62.0 Å². The highest BCUT2D eigenvalue weighted by Crippen LogP contribution is 2.43. The Morgan fingerprint density at radius 1 is 0.980 bits per heavy atom. The standard InChI is InChI=1S/C23H31NO3.C18H21N.C5H6/c1-4-8-18-10-12-21(13-11-18)27-17-20(24-3)16-26-14-7-6-9-19-15-22(19)23(25)5-2;1-3-5-14-6-8-16(9-7-14)17-11-10-15(4-2)18(12-17)13-19;1-3-5-4-2/h5,8,10-13,19-20,22,24H,1-2,6-7,9,14-17H2,3H3;6-13,19H,3-5H2,1-2H3;3,5H,1-2H2. The molecule has 3 atom stereocenters. The van der Waals surface area contributed by atoms with Gasteiger partial charge in [0.2, 0.25) is 0 Å². The molecule has 2 N–H and O–H groups in total. The van der Waals surface area contributed by atoms with E-state index in [9.17, 15) is 4.79 Å². The van der Waals surface area contributed by atoms with E-state index >= 15 is 0 Å². The number of hydrogen-bond donors (Lipinski definition) is 2. The monoisotopic (exact) mass is 686 g/mol. The molecule has 0 aromatic heterocycles. The minimum Gasteiger partial charge on any atom is -0.492 e. The van der Waals surface area contributed by atoms with Crippen LogP contribution in [-0.2, 0) is 22.4 Å². The van der Waals surface area contributed by atoms with E-state index in [2.05, 4.69) is 99.4 Å². The van der Waals surface area contributed by atoms with Crippen LogP contribution < -0.4 is 10.1 Å². The van der Waals surface area contributed by atoms with Crippen molar-refractivity contribution >= 4 is 18.1 Å². The summed E-state index contributed by atoms with van der Waals surface area (Å²) in [7, 11) is 1.92. The lowest BCUT2D eigenvalue weighted by Crippen LogP contribution is -2.36. The molecule has 3 aromatic rings. The number of nitrogens with one attached hydrogen (secondary N) is 2. The fourth-order valence-electron chi connectivity index (χ4n) is 5.56. The molecule has 1 aliphatic carbocycles. The van der Waals surface area contributed by atoms with Crippen LogP contribution in [-0.4, -0.2) is 44.9 Å². The molecule has 4 rings (SSSR count). The largest absolute Gasteiger partial charge is 0.492 e. The van der Waals surface area contributed by atoms with Crippen LogP contribution in [0.25, 0.3) is 17.2 Å². The molecule has 0 amide bonds. The molecule has 5 heteroatoms. The normalized spacial score (nSPS) is 14.4. The molecular formula is C46H58N2O3. The lowest BCUT2D eigenvalue weighted by Gasteiger charge is -2.17. The molecule has 5 nitrogen and oxygen atoms in total. The van der Waals surface area contributed by atoms with Crippen molar-refractivity contribution in [2.24, 2.45) is 11.8 Å². The zero-order chi connectivity index (χ0) is 37.3. The molecule has 0 aliphatic heterocycles. The van der Waals surface area contributed by atoms with Gasteiger partial charge in [-0.15, -0.1) is 11.5 Å². The minimum absolute atomic E-state index is 0.149. The predicted molar refractivity (Wildman–Crippen MR) is 217 cm³/mol. The Morgan fingerprint density at radius 2 is 1.71 bits per heavy atom. The number of ether oxygens (including phenoxy) is 2. The van der Waals surface area contributed by atoms with Crippen LogP contribution in [0.1, 0.15) is 68.2 Å². The van der Waals surface area contributed by atoms with E-state index in [0.29, 0.717) is 19.1 Å². The number of hydrogen-bond acceptors (Lipinski definition) is 5. The number of likely N-dealkylation sites (N-methyl/N-ethyl adjacent to an activating group) is 1. The molecule has 1 aliphatic rings. The zero-order valence-electron chi connectivity index (χ0n) is 31.1. The summed E-state index contributed by atoms with van der Waals surface area (Å²) in [6.07, 6.45) is 15.6. The van der Waals surface area contributed by atoms with E-state index < -0.39 is 0 Å². The van der Waals surface area contributed by atoms with Crippen LogP contribution in [0.5, 0.6) is 5.75 Å². The third kappa shape index (κ3) is 16.2. The van der Waals surface area contributed by atoms with Gasteiger partial charge in [0.25, 0.3) is 0 Å². The average Bonchev–Trinajstić information content (AvgIpc) is 3.95. The van der Waals surface area contributed by atoms with Gasteiger partial charge in [-0.2, -0.15) is 0 Å². The molecule has 0 saturated heterocycles. The second kappa shape index (κ2) is 25.2. The van der Waals surface area contributed by atoms with E-state index in [1.807, 2.05) is 37.4 Å². The molecule has 3 aromatic carbocycles. The zero-order valence-corrected chi connectivity index (χ0v) is 31.1. The van der Waals surface area contributed by atoms with E-state index in [4.69, 9.17) is 14.9 Å². The highest BCUT2D eigenvalue weighted by atomic mass is 16.5. The topological polar surface area (TPSA) is 71.4 Å². The maximum absolute atomic E-state index is 11.5. The van der Waals surface area contributed by atoms with Crippen LogP contribution in [0, 0.1) is 17.2 Å². The Bertz CT molecular complexity index is 1590. The highest BCUT2D eigenvalue weighted by molar-refractivity contribution is 5.93. The summed E-state index contributed by atoms with van der Waals surface area (Å²) in [6.45, 7) is 20.1. The molecule has 0 spiro atoms. The molecule has 1 fully saturated rings. The summed E-state index contributed by atoms with van der Waals surface area (Å²) in [5.41, 5.74) is 12.4. The average molecular weight is 687 g/mol. The Balaban J connectivity index is 0.000000326. The van der Waals surface area contributed by atoms with Crippen molar-refractivity contribution in [3.05, 3.63) is 145 Å². The molecule has 0 heterocycles. The third-order valence-electron chi connectivity index (χ3n) is 8.67. The van der Waals surface area contributed by atoms with Crippen molar-refractivity contribution in [1.29, 1.82) is 5.41 Å². The van der Waals surface area contributed by atoms with Crippen molar-refractivity contribution in [1.82, 2.24) is 5.32 Å². The molecule has 3 unspecified atom stereocenters. The van der Waals surface area contributed by atoms with Crippen molar-refractivity contribution < 1.29 is 14.3 Å². The first-order chi connectivity index (χ1) is 24.9. The van der Waals surface area contributed by atoms with Gasteiger partial charge in [-0.25, -0.2) is 0 Å². The number of aryl methyl sites for hydroxylation is 2. The summed E-state index contributed by atoms with van der Waals surface area (Å²) >= 11 is 0. The first kappa shape index (κ1) is 42.4. The van der Waals surface area contributed by atoms with Crippen molar-refractivity contribution in [3.8, 4) is 16.9 Å². The number of rotatable bonds is 20. The number of ketones is 1. The van der Waals surface area contributed by atoms with Gasteiger partial charge in [-0.3, -0.25) is 4.79 Å².